The van der Waals surface area contributed by atoms with Crippen molar-refractivity contribution in [3.05, 3.63) is 0 Å². The molecule has 3 heteroatoms. The van der Waals surface area contributed by atoms with Gasteiger partial charge in [-0.1, -0.05) is 0 Å². The molecule has 0 aromatic carbocycles. The Balaban J connectivity index is 0. The molecule has 2 nitrogen and oxygen atoms in total. The average molecular weight is 229 g/mol. The third kappa shape index (κ3) is 11.2. The van der Waals surface area contributed by atoms with Crippen LogP contribution in [0.3, 0.4) is 0 Å². The first-order valence-electron chi connectivity index (χ1n) is 2.07. The van der Waals surface area contributed by atoms with Crippen LogP contribution in [0.1, 0.15) is 13.8 Å². The van der Waals surface area contributed by atoms with Gasteiger partial charge in [-0.3, -0.25) is 0 Å². The van der Waals surface area contributed by atoms with Gasteiger partial charge in [0.25, 0.3) is 0 Å². The molecule has 1 atom stereocenters. The average Bonchev–Trinajstić information content (AvgIpc) is 1.35. The predicted molar refractivity (Wildman–Crippen MR) is 31.9 cm³/mol. The van der Waals surface area contributed by atoms with Crippen LogP contribution in [0, 0.1) is 0 Å². The summed E-state index contributed by atoms with van der Waals surface area (Å²) < 4.78 is 4.60. The van der Waals surface area contributed by atoms with E-state index in [1.54, 1.807) is 6.92 Å². The van der Waals surface area contributed by atoms with Crippen molar-refractivity contribution in [3.8, 4) is 0 Å². The van der Waals surface area contributed by atoms with Crippen molar-refractivity contribution in [3.63, 3.8) is 0 Å². The van der Waals surface area contributed by atoms with E-state index in [1.807, 2.05) is 6.92 Å². The van der Waals surface area contributed by atoms with Crippen molar-refractivity contribution in [2.75, 3.05) is 6.61 Å². The molecule has 0 rings (SSSR count). The van der Waals surface area contributed by atoms with E-state index in [0.717, 1.165) is 0 Å². The third-order valence-corrected chi connectivity index (χ3v) is 0.408. The summed E-state index contributed by atoms with van der Waals surface area (Å²) in [6, 6.07) is 0. The van der Waals surface area contributed by atoms with E-state index in [9.17, 15) is 0 Å². The molecule has 0 aromatic heterocycles. The molecule has 0 bridgehead atoms. The summed E-state index contributed by atoms with van der Waals surface area (Å²) in [6.45, 7) is 4.01. The van der Waals surface area contributed by atoms with Gasteiger partial charge in [0.15, 0.2) is 6.29 Å². The molecule has 1 unspecified atom stereocenters. The van der Waals surface area contributed by atoms with E-state index < -0.39 is 6.29 Å². The van der Waals surface area contributed by atoms with Gasteiger partial charge in [-0.15, -0.1) is 0 Å². The fourth-order valence-corrected chi connectivity index (χ4v) is 0.241. The first-order chi connectivity index (χ1) is 2.77. The van der Waals surface area contributed by atoms with Crippen molar-refractivity contribution in [2.24, 2.45) is 0 Å². The maximum atomic E-state index is 8.33. The molecule has 0 radical (unpaired) electrons. The van der Waals surface area contributed by atoms with Gasteiger partial charge in [0.1, 0.15) is 0 Å². The molecule has 0 aliphatic carbocycles. The number of ether oxygens (including phenoxy) is 1. The van der Waals surface area contributed by atoms with Crippen molar-refractivity contribution in [1.29, 1.82) is 0 Å². The molecule has 0 saturated carbocycles. The fraction of sp³-hybridized carbons (Fsp3) is 1.00. The molecule has 0 heterocycles. The van der Waals surface area contributed by atoms with Gasteiger partial charge in [0.05, 0.1) is 0 Å². The number of hydrogen-bond donors (Lipinski definition) is 1. The Kier molecular flexibility index (Phi) is 12.1. The molecule has 7 heavy (non-hydrogen) atoms. The van der Waals surface area contributed by atoms with Crippen LogP contribution in [0.15, 0.2) is 0 Å². The summed E-state index contributed by atoms with van der Waals surface area (Å²) >= 11 is 0. The van der Waals surface area contributed by atoms with E-state index in [1.165, 1.54) is 0 Å². The zero-order valence-electron chi connectivity index (χ0n) is 4.14. The summed E-state index contributed by atoms with van der Waals surface area (Å²) in [4.78, 5) is 0. The van der Waals surface area contributed by atoms with E-state index in [-0.39, 0.29) is 48.9 Å². The van der Waals surface area contributed by atoms with Crippen LogP contribution in [-0.2, 0) is 4.74 Å². The summed E-state index contributed by atoms with van der Waals surface area (Å²) in [5, 5.41) is 8.33. The molecule has 0 aliphatic heterocycles. The van der Waals surface area contributed by atoms with Crippen molar-refractivity contribution >= 4 is 48.9 Å². The Labute approximate surface area is 84.3 Å². The van der Waals surface area contributed by atoms with Crippen LogP contribution >= 0.6 is 0 Å². The number of rotatable bonds is 2. The van der Waals surface area contributed by atoms with Crippen LogP contribution in [0.25, 0.3) is 0 Å². The number of hydrogen-bond acceptors (Lipinski definition) is 2. The summed E-state index contributed by atoms with van der Waals surface area (Å²) in [5.74, 6) is 0. The second-order valence-electron chi connectivity index (χ2n) is 1.05. The number of aliphatic hydroxyl groups is 1. The zero-order valence-corrected chi connectivity index (χ0v) is 4.14. The second kappa shape index (κ2) is 7.49. The van der Waals surface area contributed by atoms with Gasteiger partial charge in [-0.2, -0.15) is 0 Å². The third-order valence-electron chi connectivity index (χ3n) is 0.408. The van der Waals surface area contributed by atoms with Crippen LogP contribution in [0.4, 0.5) is 0 Å². The van der Waals surface area contributed by atoms with E-state index in [0.29, 0.717) is 6.61 Å². The normalized spacial score (nSPS) is 12.4. The maximum absolute atomic E-state index is 8.33. The first-order valence-corrected chi connectivity index (χ1v) is 2.07. The van der Waals surface area contributed by atoms with Crippen LogP contribution < -0.4 is 0 Å². The van der Waals surface area contributed by atoms with Crippen LogP contribution in [-0.4, -0.2) is 66.9 Å². The van der Waals surface area contributed by atoms with E-state index >= 15 is 0 Å². The van der Waals surface area contributed by atoms with Gasteiger partial charge in [-0.25, -0.2) is 0 Å². The second-order valence-corrected chi connectivity index (χ2v) is 1.05. The van der Waals surface area contributed by atoms with Gasteiger partial charge in [0.2, 0.25) is 0 Å². The van der Waals surface area contributed by atoms with Gasteiger partial charge >= 0.3 is 48.9 Å². The van der Waals surface area contributed by atoms with Gasteiger partial charge < -0.3 is 9.84 Å². The summed E-state index contributed by atoms with van der Waals surface area (Å²) in [6.07, 6.45) is -0.602. The Hall–Kier alpha value is 1.49. The monoisotopic (exact) mass is 230 g/mol. The number of aliphatic hydroxyl groups excluding tert-OH is 1. The Morgan fingerprint density at radius 2 is 2.14 bits per heavy atom. The van der Waals surface area contributed by atoms with Gasteiger partial charge in [-0.05, 0) is 13.8 Å². The fourth-order valence-electron chi connectivity index (χ4n) is 0.241. The Morgan fingerprint density at radius 3 is 2.14 bits per heavy atom. The van der Waals surface area contributed by atoms with Crippen molar-refractivity contribution < 1.29 is 9.84 Å². The molecule has 0 aromatic rings. The quantitative estimate of drug-likeness (QED) is 0.508. The van der Waals surface area contributed by atoms with Crippen molar-refractivity contribution in [1.82, 2.24) is 0 Å². The molecule has 0 amide bonds. The molecule has 0 saturated heterocycles. The Bertz CT molecular complexity index is 30.9. The van der Waals surface area contributed by atoms with E-state index in [4.69, 9.17) is 5.11 Å². The predicted octanol–water partition coefficient (Wildman–Crippen LogP) is -0.555. The summed E-state index contributed by atoms with van der Waals surface area (Å²) in [7, 11) is 0. The summed E-state index contributed by atoms with van der Waals surface area (Å²) in [5.41, 5.74) is 0. The molecular formula is C4H12BaO2. The SMILES string of the molecule is CCOC(C)O.[BaH2]. The van der Waals surface area contributed by atoms with E-state index in [2.05, 4.69) is 4.74 Å². The standard InChI is InChI=1S/C4H10O2.Ba.2H/c1-3-6-4(2)5;;;/h4-5H,3H2,1-2H3;;;. The minimum atomic E-state index is -0.602. The molecule has 0 spiro atoms. The molecule has 42 valence electrons. The minimum absolute atomic E-state index is 0. The molecule has 0 fully saturated rings. The molecule has 0 aliphatic rings. The molecular weight excluding hydrogens is 217 g/mol. The van der Waals surface area contributed by atoms with Gasteiger partial charge in [0, 0.05) is 6.61 Å². The van der Waals surface area contributed by atoms with Crippen molar-refractivity contribution in [2.45, 2.75) is 20.1 Å². The van der Waals surface area contributed by atoms with Crippen LogP contribution in [0.5, 0.6) is 0 Å². The topological polar surface area (TPSA) is 29.5 Å². The zero-order chi connectivity index (χ0) is 4.99. The van der Waals surface area contributed by atoms with Crippen LogP contribution in [0.2, 0.25) is 0 Å². The molecule has 1 N–H and O–H groups in total. The Morgan fingerprint density at radius 1 is 1.71 bits per heavy atom. The first kappa shape index (κ1) is 11.3.